The molecule has 0 bridgehead atoms. The Labute approximate surface area is 146 Å². The molecule has 0 fully saturated rings. The lowest BCUT2D eigenvalue weighted by molar-refractivity contribution is -0.145. The summed E-state index contributed by atoms with van der Waals surface area (Å²) in [5.41, 5.74) is 0.835. The fraction of sp³-hybridized carbons (Fsp3) is 0.176. The molecule has 0 radical (unpaired) electrons. The van der Waals surface area contributed by atoms with E-state index in [-0.39, 0.29) is 11.5 Å². The van der Waals surface area contributed by atoms with Crippen LogP contribution in [0.25, 0.3) is 0 Å². The molecule has 0 spiro atoms. The highest BCUT2D eigenvalue weighted by atomic mass is 32.2. The molecule has 2 aromatic carbocycles. The van der Waals surface area contributed by atoms with Crippen LogP contribution in [-0.4, -0.2) is 26.9 Å². The first-order valence-corrected chi connectivity index (χ1v) is 9.02. The van der Waals surface area contributed by atoms with E-state index in [1.54, 1.807) is 37.3 Å². The van der Waals surface area contributed by atoms with E-state index < -0.39 is 28.3 Å². The number of para-hydroxylation sites is 1. The van der Waals surface area contributed by atoms with Gasteiger partial charge in [-0.25, -0.2) is 8.42 Å². The van der Waals surface area contributed by atoms with Crippen molar-refractivity contribution in [2.45, 2.75) is 18.2 Å². The summed E-state index contributed by atoms with van der Waals surface area (Å²) in [6, 6.07) is 14.1. The molecule has 0 unspecified atom stereocenters. The molecule has 0 aliphatic carbocycles. The number of rotatable bonds is 7. The summed E-state index contributed by atoms with van der Waals surface area (Å²) < 4.78 is 31.7. The van der Waals surface area contributed by atoms with E-state index in [1.165, 1.54) is 24.3 Å². The highest BCUT2D eigenvalue weighted by Gasteiger charge is 2.15. The molecule has 2 aromatic rings. The zero-order valence-electron chi connectivity index (χ0n) is 13.6. The molecule has 7 nitrogen and oxygen atoms in total. The second-order valence-electron chi connectivity index (χ2n) is 5.03. The van der Waals surface area contributed by atoms with Gasteiger partial charge < -0.3 is 10.1 Å². The third-order valence-electron chi connectivity index (χ3n) is 3.08. The Morgan fingerprint density at radius 2 is 1.60 bits per heavy atom. The van der Waals surface area contributed by atoms with E-state index >= 15 is 0 Å². The Morgan fingerprint density at radius 1 is 0.960 bits per heavy atom. The van der Waals surface area contributed by atoms with E-state index in [2.05, 4.69) is 14.8 Å². The van der Waals surface area contributed by atoms with Crippen molar-refractivity contribution >= 4 is 33.3 Å². The molecule has 2 rings (SSSR count). The zero-order chi connectivity index (χ0) is 18.3. The molecule has 0 aromatic heterocycles. The number of anilines is 2. The van der Waals surface area contributed by atoms with Crippen molar-refractivity contribution in [3.8, 4) is 0 Å². The second-order valence-corrected chi connectivity index (χ2v) is 6.71. The molecule has 0 saturated heterocycles. The quantitative estimate of drug-likeness (QED) is 0.582. The molecule has 25 heavy (non-hydrogen) atoms. The molecule has 0 heterocycles. The van der Waals surface area contributed by atoms with Crippen LogP contribution < -0.4 is 10.0 Å². The van der Waals surface area contributed by atoms with Crippen molar-refractivity contribution in [3.05, 3.63) is 54.6 Å². The zero-order valence-corrected chi connectivity index (χ0v) is 14.4. The summed E-state index contributed by atoms with van der Waals surface area (Å²) in [6.07, 6.45) is -0.399. The molecule has 132 valence electrons. The Bertz CT molecular complexity index is 833. The number of hydrogen-bond acceptors (Lipinski definition) is 5. The maximum atomic E-state index is 12.3. The predicted octanol–water partition coefficient (Wildman–Crippen LogP) is 2.38. The normalized spacial score (nSPS) is 10.8. The van der Waals surface area contributed by atoms with Crippen LogP contribution in [0.1, 0.15) is 13.3 Å². The fourth-order valence-corrected chi connectivity index (χ4v) is 3.04. The molecular formula is C17H18N2O5S. The van der Waals surface area contributed by atoms with E-state index in [4.69, 9.17) is 0 Å². The fourth-order valence-electron chi connectivity index (χ4n) is 1.99. The summed E-state index contributed by atoms with van der Waals surface area (Å²) in [7, 11) is -3.72. The Kier molecular flexibility index (Phi) is 6.13. The molecule has 8 heteroatoms. The topological polar surface area (TPSA) is 102 Å². The maximum absolute atomic E-state index is 12.3. The van der Waals surface area contributed by atoms with Crippen LogP contribution in [-0.2, 0) is 24.3 Å². The number of sulfonamides is 1. The number of nitrogens with one attached hydrogen (secondary N) is 2. The minimum Gasteiger partial charge on any atom is -0.466 e. The lowest BCUT2D eigenvalue weighted by atomic mass is 10.3. The Balaban J connectivity index is 2.01. The number of hydrogen-bond donors (Lipinski definition) is 2. The summed E-state index contributed by atoms with van der Waals surface area (Å²) >= 11 is 0. The minimum atomic E-state index is -3.72. The van der Waals surface area contributed by atoms with Gasteiger partial charge in [-0.1, -0.05) is 18.2 Å². The third-order valence-corrected chi connectivity index (χ3v) is 4.48. The van der Waals surface area contributed by atoms with E-state index in [1.807, 2.05) is 0 Å². The van der Waals surface area contributed by atoms with E-state index in [9.17, 15) is 18.0 Å². The van der Waals surface area contributed by atoms with Crippen LogP contribution in [0.4, 0.5) is 11.4 Å². The summed E-state index contributed by atoms with van der Waals surface area (Å²) in [6.45, 7) is 1.85. The number of benzene rings is 2. The average molecular weight is 362 g/mol. The standard InChI is InChI=1S/C17H18N2O5S/c1-2-24-17(21)12-16(20)18-13-8-10-15(11-9-13)25(22,23)19-14-6-4-3-5-7-14/h3-11,19H,2,12H2,1H3,(H,18,20). The van der Waals surface area contributed by atoms with Crippen LogP contribution in [0.2, 0.25) is 0 Å². The molecular weight excluding hydrogens is 344 g/mol. The third kappa shape index (κ3) is 5.61. The summed E-state index contributed by atoms with van der Waals surface area (Å²) in [5.74, 6) is -1.15. The maximum Gasteiger partial charge on any atom is 0.315 e. The van der Waals surface area contributed by atoms with Gasteiger partial charge in [-0.3, -0.25) is 14.3 Å². The van der Waals surface area contributed by atoms with Crippen LogP contribution >= 0.6 is 0 Å². The van der Waals surface area contributed by atoms with E-state index in [0.717, 1.165) is 0 Å². The smallest absolute Gasteiger partial charge is 0.315 e. The predicted molar refractivity (Wildman–Crippen MR) is 93.6 cm³/mol. The SMILES string of the molecule is CCOC(=O)CC(=O)Nc1ccc(S(=O)(=O)Nc2ccccc2)cc1. The molecule has 0 atom stereocenters. The van der Waals surface area contributed by atoms with E-state index in [0.29, 0.717) is 11.4 Å². The molecule has 0 saturated carbocycles. The van der Waals surface area contributed by atoms with Crippen molar-refractivity contribution in [2.24, 2.45) is 0 Å². The van der Waals surface area contributed by atoms with Gasteiger partial charge in [0.25, 0.3) is 10.0 Å². The average Bonchev–Trinajstić information content (AvgIpc) is 2.56. The Hall–Kier alpha value is -2.87. The van der Waals surface area contributed by atoms with Gasteiger partial charge in [0, 0.05) is 11.4 Å². The van der Waals surface area contributed by atoms with Gasteiger partial charge in [-0.05, 0) is 43.3 Å². The van der Waals surface area contributed by atoms with Gasteiger partial charge in [-0.2, -0.15) is 0 Å². The monoisotopic (exact) mass is 362 g/mol. The largest absolute Gasteiger partial charge is 0.466 e. The van der Waals surface area contributed by atoms with Crippen molar-refractivity contribution in [2.75, 3.05) is 16.6 Å². The number of ether oxygens (including phenoxy) is 1. The van der Waals surface area contributed by atoms with Crippen molar-refractivity contribution < 1.29 is 22.7 Å². The first kappa shape index (κ1) is 18.5. The van der Waals surface area contributed by atoms with Gasteiger partial charge in [0.15, 0.2) is 0 Å². The number of esters is 1. The lowest BCUT2D eigenvalue weighted by Crippen LogP contribution is -2.18. The van der Waals surface area contributed by atoms with Crippen LogP contribution in [0.5, 0.6) is 0 Å². The summed E-state index contributed by atoms with van der Waals surface area (Å²) in [4.78, 5) is 23.0. The van der Waals surface area contributed by atoms with Crippen LogP contribution in [0.3, 0.4) is 0 Å². The second kappa shape index (κ2) is 8.29. The first-order chi connectivity index (χ1) is 11.9. The van der Waals surface area contributed by atoms with Crippen molar-refractivity contribution in [1.29, 1.82) is 0 Å². The van der Waals surface area contributed by atoms with Gasteiger partial charge in [0.1, 0.15) is 6.42 Å². The van der Waals surface area contributed by atoms with Gasteiger partial charge in [0.05, 0.1) is 11.5 Å². The van der Waals surface area contributed by atoms with Gasteiger partial charge in [0.2, 0.25) is 5.91 Å². The molecule has 1 amide bonds. The minimum absolute atomic E-state index is 0.0553. The highest BCUT2D eigenvalue weighted by molar-refractivity contribution is 7.92. The van der Waals surface area contributed by atoms with Crippen molar-refractivity contribution in [1.82, 2.24) is 0 Å². The summed E-state index contributed by atoms with van der Waals surface area (Å²) in [5, 5.41) is 2.50. The molecule has 0 aliphatic rings. The highest BCUT2D eigenvalue weighted by Crippen LogP contribution is 2.18. The molecule has 0 aliphatic heterocycles. The van der Waals surface area contributed by atoms with Gasteiger partial charge >= 0.3 is 5.97 Å². The van der Waals surface area contributed by atoms with Crippen molar-refractivity contribution in [3.63, 3.8) is 0 Å². The lowest BCUT2D eigenvalue weighted by Gasteiger charge is -2.09. The number of amides is 1. The van der Waals surface area contributed by atoms with Crippen LogP contribution in [0.15, 0.2) is 59.5 Å². The Morgan fingerprint density at radius 3 is 2.20 bits per heavy atom. The molecule has 2 N–H and O–H groups in total. The first-order valence-electron chi connectivity index (χ1n) is 7.54. The van der Waals surface area contributed by atoms with Crippen LogP contribution in [0, 0.1) is 0 Å². The van der Waals surface area contributed by atoms with Gasteiger partial charge in [-0.15, -0.1) is 0 Å². The number of carbonyl (C=O) groups is 2. The number of carbonyl (C=O) groups excluding carboxylic acids is 2.